The molecular formula is C25H26FN3O4. The lowest BCUT2D eigenvalue weighted by molar-refractivity contribution is -0.150. The van der Waals surface area contributed by atoms with Crippen LogP contribution in [0.25, 0.3) is 11.8 Å². The van der Waals surface area contributed by atoms with Crippen molar-refractivity contribution in [1.29, 1.82) is 0 Å². The van der Waals surface area contributed by atoms with E-state index in [-0.39, 0.29) is 12.4 Å². The standard InChI is InChI=1S/C25H26FN3O4/c1-16-22(17(2)29(28-16)21-11-9-20(26)10-12-21)13-14-24(30)33-18(3)25(31)27-15-19-7-5-6-8-23(19)32-4/h5-14,18H,15H2,1-4H3,(H,27,31)/b14-13+. The van der Waals surface area contributed by atoms with Crippen molar-refractivity contribution in [1.82, 2.24) is 15.1 Å². The summed E-state index contributed by atoms with van der Waals surface area (Å²) in [7, 11) is 1.56. The molecule has 8 heteroatoms. The van der Waals surface area contributed by atoms with Gasteiger partial charge in [0.05, 0.1) is 18.5 Å². The van der Waals surface area contributed by atoms with Crippen LogP contribution in [0.4, 0.5) is 4.39 Å². The third-order valence-corrected chi connectivity index (χ3v) is 5.11. The van der Waals surface area contributed by atoms with Crippen LogP contribution >= 0.6 is 0 Å². The van der Waals surface area contributed by atoms with Gasteiger partial charge >= 0.3 is 5.97 Å². The summed E-state index contributed by atoms with van der Waals surface area (Å²) < 4.78 is 25.4. The van der Waals surface area contributed by atoms with Gasteiger partial charge in [-0.2, -0.15) is 5.10 Å². The molecule has 0 bridgehead atoms. The van der Waals surface area contributed by atoms with Gasteiger partial charge in [0.1, 0.15) is 11.6 Å². The Morgan fingerprint density at radius 3 is 2.55 bits per heavy atom. The Kier molecular flexibility index (Phi) is 7.61. The van der Waals surface area contributed by atoms with Crippen LogP contribution in [0.2, 0.25) is 0 Å². The zero-order chi connectivity index (χ0) is 24.0. The van der Waals surface area contributed by atoms with Gasteiger partial charge in [-0.1, -0.05) is 18.2 Å². The predicted octanol–water partition coefficient (Wildman–Crippen LogP) is 3.90. The van der Waals surface area contributed by atoms with Crippen molar-refractivity contribution in [3.05, 3.63) is 82.9 Å². The van der Waals surface area contributed by atoms with Crippen LogP contribution in [-0.4, -0.2) is 34.9 Å². The number of benzene rings is 2. The number of amides is 1. The van der Waals surface area contributed by atoms with Gasteiger partial charge in [0, 0.05) is 29.4 Å². The number of para-hydroxylation sites is 1. The molecule has 0 aliphatic heterocycles. The van der Waals surface area contributed by atoms with Gasteiger partial charge in [-0.25, -0.2) is 13.9 Å². The second-order valence-corrected chi connectivity index (χ2v) is 7.41. The van der Waals surface area contributed by atoms with Crippen molar-refractivity contribution in [3.8, 4) is 11.4 Å². The second-order valence-electron chi connectivity index (χ2n) is 7.41. The zero-order valence-corrected chi connectivity index (χ0v) is 19.0. The highest BCUT2D eigenvalue weighted by molar-refractivity contribution is 5.90. The van der Waals surface area contributed by atoms with E-state index in [1.165, 1.54) is 25.1 Å². The molecule has 0 saturated heterocycles. The molecule has 3 aromatic rings. The van der Waals surface area contributed by atoms with E-state index < -0.39 is 18.0 Å². The molecule has 7 nitrogen and oxygen atoms in total. The van der Waals surface area contributed by atoms with E-state index >= 15 is 0 Å². The van der Waals surface area contributed by atoms with Gasteiger partial charge < -0.3 is 14.8 Å². The molecule has 1 unspecified atom stereocenters. The summed E-state index contributed by atoms with van der Waals surface area (Å²) in [6.45, 7) is 5.42. The number of carbonyl (C=O) groups excluding carboxylic acids is 2. The number of methoxy groups -OCH3 is 1. The van der Waals surface area contributed by atoms with Crippen molar-refractivity contribution in [2.24, 2.45) is 0 Å². The average molecular weight is 451 g/mol. The minimum atomic E-state index is -0.971. The number of ether oxygens (including phenoxy) is 2. The molecule has 172 valence electrons. The number of aryl methyl sites for hydroxylation is 1. The minimum Gasteiger partial charge on any atom is -0.496 e. The molecule has 0 aliphatic carbocycles. The molecule has 0 aliphatic rings. The van der Waals surface area contributed by atoms with Crippen LogP contribution in [0, 0.1) is 19.7 Å². The van der Waals surface area contributed by atoms with Crippen LogP contribution in [-0.2, 0) is 20.9 Å². The topological polar surface area (TPSA) is 82.4 Å². The fourth-order valence-electron chi connectivity index (χ4n) is 3.32. The monoisotopic (exact) mass is 451 g/mol. The van der Waals surface area contributed by atoms with Crippen molar-refractivity contribution in [2.45, 2.75) is 33.4 Å². The maximum atomic E-state index is 13.2. The molecule has 1 N–H and O–H groups in total. The van der Waals surface area contributed by atoms with E-state index in [0.717, 1.165) is 16.8 Å². The maximum absolute atomic E-state index is 13.2. The van der Waals surface area contributed by atoms with E-state index in [4.69, 9.17) is 9.47 Å². The predicted molar refractivity (Wildman–Crippen MR) is 122 cm³/mol. The lowest BCUT2D eigenvalue weighted by atomic mass is 10.2. The average Bonchev–Trinajstić information content (AvgIpc) is 3.09. The number of halogens is 1. The molecule has 0 saturated carbocycles. The van der Waals surface area contributed by atoms with Crippen molar-refractivity contribution < 1.29 is 23.5 Å². The van der Waals surface area contributed by atoms with E-state index in [1.807, 2.05) is 32.0 Å². The lowest BCUT2D eigenvalue weighted by Gasteiger charge is -2.13. The number of esters is 1. The van der Waals surface area contributed by atoms with Gasteiger partial charge in [-0.3, -0.25) is 4.79 Å². The Balaban J connectivity index is 1.60. The van der Waals surface area contributed by atoms with Crippen molar-refractivity contribution in [3.63, 3.8) is 0 Å². The van der Waals surface area contributed by atoms with Crippen molar-refractivity contribution in [2.75, 3.05) is 7.11 Å². The van der Waals surface area contributed by atoms with Gasteiger partial charge in [0.2, 0.25) is 0 Å². The number of hydrogen-bond acceptors (Lipinski definition) is 5. The SMILES string of the molecule is COc1ccccc1CNC(=O)C(C)OC(=O)/C=C/c1c(C)nn(-c2ccc(F)cc2)c1C. The number of nitrogens with zero attached hydrogens (tertiary/aromatic N) is 2. The second kappa shape index (κ2) is 10.6. The lowest BCUT2D eigenvalue weighted by Crippen LogP contribution is -2.35. The highest BCUT2D eigenvalue weighted by Gasteiger charge is 2.17. The van der Waals surface area contributed by atoms with E-state index in [2.05, 4.69) is 10.4 Å². The molecule has 1 atom stereocenters. The first kappa shape index (κ1) is 23.7. The highest BCUT2D eigenvalue weighted by atomic mass is 19.1. The Morgan fingerprint density at radius 1 is 1.15 bits per heavy atom. The maximum Gasteiger partial charge on any atom is 0.331 e. The summed E-state index contributed by atoms with van der Waals surface area (Å²) in [6.07, 6.45) is 1.89. The third-order valence-electron chi connectivity index (χ3n) is 5.11. The van der Waals surface area contributed by atoms with E-state index in [1.54, 1.807) is 36.1 Å². The van der Waals surface area contributed by atoms with Crippen LogP contribution in [0.3, 0.4) is 0 Å². The smallest absolute Gasteiger partial charge is 0.331 e. The molecule has 1 heterocycles. The molecule has 2 aromatic carbocycles. The van der Waals surface area contributed by atoms with Gasteiger partial charge in [0.25, 0.3) is 5.91 Å². The van der Waals surface area contributed by atoms with Gasteiger partial charge in [-0.05, 0) is 57.2 Å². The first-order chi connectivity index (χ1) is 15.8. The van der Waals surface area contributed by atoms with Gasteiger partial charge in [-0.15, -0.1) is 0 Å². The fraction of sp³-hybridized carbons (Fsp3) is 0.240. The number of nitrogens with one attached hydrogen (secondary N) is 1. The molecule has 1 amide bonds. The third kappa shape index (κ3) is 5.85. The molecule has 0 radical (unpaired) electrons. The Labute approximate surface area is 191 Å². The summed E-state index contributed by atoms with van der Waals surface area (Å²) >= 11 is 0. The molecule has 1 aromatic heterocycles. The summed E-state index contributed by atoms with van der Waals surface area (Å²) in [5.41, 5.74) is 3.74. The first-order valence-corrected chi connectivity index (χ1v) is 10.4. The van der Waals surface area contributed by atoms with Crippen LogP contribution in [0.1, 0.15) is 29.4 Å². The van der Waals surface area contributed by atoms with Gasteiger partial charge in [0.15, 0.2) is 6.10 Å². The van der Waals surface area contributed by atoms with Crippen LogP contribution < -0.4 is 10.1 Å². The summed E-state index contributed by atoms with van der Waals surface area (Å²) in [6, 6.07) is 13.3. The highest BCUT2D eigenvalue weighted by Crippen LogP contribution is 2.20. The van der Waals surface area contributed by atoms with Crippen LogP contribution in [0.15, 0.2) is 54.6 Å². The first-order valence-electron chi connectivity index (χ1n) is 10.4. The Bertz CT molecular complexity index is 1170. The number of aromatic nitrogens is 2. The Hall–Kier alpha value is -3.94. The number of carbonyl (C=O) groups is 2. The normalized spacial score (nSPS) is 11.9. The molecule has 33 heavy (non-hydrogen) atoms. The molecule has 3 rings (SSSR count). The number of hydrogen-bond donors (Lipinski definition) is 1. The summed E-state index contributed by atoms with van der Waals surface area (Å²) in [5.74, 6) is -0.732. The zero-order valence-electron chi connectivity index (χ0n) is 19.0. The number of rotatable bonds is 8. The fourth-order valence-corrected chi connectivity index (χ4v) is 3.32. The van der Waals surface area contributed by atoms with E-state index in [0.29, 0.717) is 17.1 Å². The van der Waals surface area contributed by atoms with Crippen molar-refractivity contribution >= 4 is 18.0 Å². The summed E-state index contributed by atoms with van der Waals surface area (Å²) in [5, 5.41) is 7.20. The molecule has 0 spiro atoms. The molecule has 0 fully saturated rings. The van der Waals surface area contributed by atoms with Crippen LogP contribution in [0.5, 0.6) is 5.75 Å². The quantitative estimate of drug-likeness (QED) is 0.415. The minimum absolute atomic E-state index is 0.252. The molecular weight excluding hydrogens is 425 g/mol. The largest absolute Gasteiger partial charge is 0.496 e. The Morgan fingerprint density at radius 2 is 1.85 bits per heavy atom. The van der Waals surface area contributed by atoms with E-state index in [9.17, 15) is 14.0 Å². The summed E-state index contributed by atoms with van der Waals surface area (Å²) in [4.78, 5) is 24.6.